The average Bonchev–Trinajstić information content (AvgIpc) is 2.27. The number of piperidine rings is 1. The summed E-state index contributed by atoms with van der Waals surface area (Å²) in [6, 6.07) is 0.0701. The third-order valence-electron chi connectivity index (χ3n) is 3.36. The summed E-state index contributed by atoms with van der Waals surface area (Å²) >= 11 is 0. The van der Waals surface area contributed by atoms with E-state index in [1.54, 1.807) is 4.90 Å². The van der Waals surface area contributed by atoms with Gasteiger partial charge in [0, 0.05) is 12.6 Å². The fraction of sp³-hybridized carbons (Fsp3) is 0.917. The highest BCUT2D eigenvalue weighted by Crippen LogP contribution is 2.32. The van der Waals surface area contributed by atoms with E-state index in [9.17, 15) is 18.0 Å². The highest BCUT2D eigenvalue weighted by Gasteiger charge is 2.41. The SMILES string of the molecule is CC[C@H](C)NC(=O)CN1CCC[C@@H](C(F)(F)F)C1. The Hall–Kier alpha value is -0.780. The fourth-order valence-corrected chi connectivity index (χ4v) is 2.09. The molecule has 0 aromatic rings. The summed E-state index contributed by atoms with van der Waals surface area (Å²) < 4.78 is 37.8. The Labute approximate surface area is 106 Å². The van der Waals surface area contributed by atoms with Gasteiger partial charge in [-0.1, -0.05) is 6.92 Å². The van der Waals surface area contributed by atoms with E-state index in [4.69, 9.17) is 0 Å². The van der Waals surface area contributed by atoms with Crippen molar-refractivity contribution in [2.45, 2.75) is 45.3 Å². The van der Waals surface area contributed by atoms with E-state index < -0.39 is 12.1 Å². The molecule has 0 spiro atoms. The summed E-state index contributed by atoms with van der Waals surface area (Å²) in [4.78, 5) is 13.2. The van der Waals surface area contributed by atoms with Crippen LogP contribution in [-0.2, 0) is 4.79 Å². The molecule has 2 atom stereocenters. The number of nitrogens with one attached hydrogen (secondary N) is 1. The van der Waals surface area contributed by atoms with Crippen LogP contribution in [0.1, 0.15) is 33.1 Å². The summed E-state index contributed by atoms with van der Waals surface area (Å²) in [6.07, 6.45) is -2.66. The van der Waals surface area contributed by atoms with Crippen LogP contribution >= 0.6 is 0 Å². The molecule has 0 bridgehead atoms. The third-order valence-corrected chi connectivity index (χ3v) is 3.36. The summed E-state index contributed by atoms with van der Waals surface area (Å²) in [5.74, 6) is -1.48. The number of alkyl halides is 3. The van der Waals surface area contributed by atoms with Gasteiger partial charge < -0.3 is 5.32 Å². The molecular formula is C12H21F3N2O. The number of carbonyl (C=O) groups excluding carboxylic acids is 1. The second kappa shape index (κ2) is 6.41. The van der Waals surface area contributed by atoms with Crippen LogP contribution in [0.25, 0.3) is 0 Å². The lowest BCUT2D eigenvalue weighted by Crippen LogP contribution is -2.47. The van der Waals surface area contributed by atoms with Gasteiger partial charge in [-0.05, 0) is 32.7 Å². The monoisotopic (exact) mass is 266 g/mol. The van der Waals surface area contributed by atoms with Gasteiger partial charge in [0.2, 0.25) is 5.91 Å². The van der Waals surface area contributed by atoms with Gasteiger partial charge in [-0.15, -0.1) is 0 Å². The Morgan fingerprint density at radius 3 is 2.72 bits per heavy atom. The first kappa shape index (κ1) is 15.3. The normalized spacial score (nSPS) is 23.7. The molecule has 0 aromatic heterocycles. The lowest BCUT2D eigenvalue weighted by molar-refractivity contribution is -0.187. The molecule has 18 heavy (non-hydrogen) atoms. The zero-order valence-electron chi connectivity index (χ0n) is 10.9. The van der Waals surface area contributed by atoms with E-state index in [2.05, 4.69) is 5.32 Å². The molecule has 1 aliphatic heterocycles. The van der Waals surface area contributed by atoms with Crippen molar-refractivity contribution < 1.29 is 18.0 Å². The van der Waals surface area contributed by atoms with E-state index in [1.807, 2.05) is 13.8 Å². The van der Waals surface area contributed by atoms with Crippen LogP contribution in [0.4, 0.5) is 13.2 Å². The Kier molecular flexibility index (Phi) is 5.44. The molecule has 1 amide bonds. The third kappa shape index (κ3) is 4.84. The maximum absolute atomic E-state index is 12.6. The minimum atomic E-state index is -4.15. The predicted octanol–water partition coefficient (Wildman–Crippen LogP) is 2.18. The predicted molar refractivity (Wildman–Crippen MR) is 63.1 cm³/mol. The molecule has 1 heterocycles. The van der Waals surface area contributed by atoms with Gasteiger partial charge in [0.15, 0.2) is 0 Å². The number of rotatable bonds is 4. The van der Waals surface area contributed by atoms with Crippen molar-refractivity contribution in [2.75, 3.05) is 19.6 Å². The summed E-state index contributed by atoms with van der Waals surface area (Å²) in [5.41, 5.74) is 0. The van der Waals surface area contributed by atoms with Crippen molar-refractivity contribution in [3.63, 3.8) is 0 Å². The van der Waals surface area contributed by atoms with Crippen LogP contribution in [-0.4, -0.2) is 42.7 Å². The lowest BCUT2D eigenvalue weighted by atomic mass is 9.97. The fourth-order valence-electron chi connectivity index (χ4n) is 2.09. The van der Waals surface area contributed by atoms with Crippen molar-refractivity contribution >= 4 is 5.91 Å². The van der Waals surface area contributed by atoms with Gasteiger partial charge in [0.25, 0.3) is 0 Å². The van der Waals surface area contributed by atoms with E-state index in [0.29, 0.717) is 13.0 Å². The van der Waals surface area contributed by atoms with Crippen molar-refractivity contribution in [1.82, 2.24) is 10.2 Å². The number of hydrogen-bond acceptors (Lipinski definition) is 2. The minimum absolute atomic E-state index is 0.0581. The molecule has 3 nitrogen and oxygen atoms in total. The molecule has 0 saturated carbocycles. The lowest BCUT2D eigenvalue weighted by Gasteiger charge is -2.33. The Bertz CT molecular complexity index is 281. The first-order chi connectivity index (χ1) is 8.32. The molecule has 0 aromatic carbocycles. The van der Waals surface area contributed by atoms with E-state index in [0.717, 1.165) is 6.42 Å². The quantitative estimate of drug-likeness (QED) is 0.846. The van der Waals surface area contributed by atoms with Crippen LogP contribution in [0.15, 0.2) is 0 Å². The second-order valence-corrected chi connectivity index (χ2v) is 4.99. The van der Waals surface area contributed by atoms with Crippen LogP contribution in [0.3, 0.4) is 0 Å². The first-order valence-corrected chi connectivity index (χ1v) is 6.41. The molecule has 1 fully saturated rings. The molecule has 1 saturated heterocycles. The maximum Gasteiger partial charge on any atom is 0.393 e. The standard InChI is InChI=1S/C12H21F3N2O/c1-3-9(2)16-11(18)8-17-6-4-5-10(7-17)12(13,14)15/h9-10H,3-8H2,1-2H3,(H,16,18)/t9-,10+/m0/s1. The van der Waals surface area contributed by atoms with Crippen molar-refractivity contribution in [3.8, 4) is 0 Å². The van der Waals surface area contributed by atoms with Gasteiger partial charge in [-0.25, -0.2) is 0 Å². The van der Waals surface area contributed by atoms with E-state index in [-0.39, 0.29) is 31.5 Å². The average molecular weight is 266 g/mol. The molecule has 0 unspecified atom stereocenters. The molecule has 1 N–H and O–H groups in total. The van der Waals surface area contributed by atoms with Crippen LogP contribution < -0.4 is 5.32 Å². The van der Waals surface area contributed by atoms with E-state index in [1.165, 1.54) is 0 Å². The second-order valence-electron chi connectivity index (χ2n) is 4.99. The zero-order chi connectivity index (χ0) is 13.8. The molecule has 106 valence electrons. The first-order valence-electron chi connectivity index (χ1n) is 6.41. The molecule has 1 aliphatic rings. The topological polar surface area (TPSA) is 32.3 Å². The smallest absolute Gasteiger partial charge is 0.353 e. The number of likely N-dealkylation sites (tertiary alicyclic amines) is 1. The number of hydrogen-bond donors (Lipinski definition) is 1. The number of amides is 1. The Morgan fingerprint density at radius 2 is 2.17 bits per heavy atom. The summed E-state index contributed by atoms with van der Waals surface area (Å²) in [5, 5.41) is 2.77. The maximum atomic E-state index is 12.6. The highest BCUT2D eigenvalue weighted by atomic mass is 19.4. The number of carbonyl (C=O) groups is 1. The van der Waals surface area contributed by atoms with Gasteiger partial charge >= 0.3 is 6.18 Å². The Morgan fingerprint density at radius 1 is 1.50 bits per heavy atom. The molecule has 1 rings (SSSR count). The Balaban J connectivity index is 2.41. The van der Waals surface area contributed by atoms with Gasteiger partial charge in [0.05, 0.1) is 12.5 Å². The van der Waals surface area contributed by atoms with Crippen molar-refractivity contribution in [1.29, 1.82) is 0 Å². The molecule has 0 radical (unpaired) electrons. The van der Waals surface area contributed by atoms with Crippen LogP contribution in [0.5, 0.6) is 0 Å². The van der Waals surface area contributed by atoms with Gasteiger partial charge in [0.1, 0.15) is 0 Å². The molecule has 6 heteroatoms. The summed E-state index contributed by atoms with van der Waals surface area (Å²) in [7, 11) is 0. The largest absolute Gasteiger partial charge is 0.393 e. The minimum Gasteiger partial charge on any atom is -0.353 e. The van der Waals surface area contributed by atoms with Crippen LogP contribution in [0, 0.1) is 5.92 Å². The van der Waals surface area contributed by atoms with Gasteiger partial charge in [-0.3, -0.25) is 9.69 Å². The van der Waals surface area contributed by atoms with Crippen molar-refractivity contribution in [3.05, 3.63) is 0 Å². The number of nitrogens with zero attached hydrogens (tertiary/aromatic N) is 1. The van der Waals surface area contributed by atoms with E-state index >= 15 is 0 Å². The highest BCUT2D eigenvalue weighted by molar-refractivity contribution is 5.78. The van der Waals surface area contributed by atoms with Crippen molar-refractivity contribution in [2.24, 2.45) is 5.92 Å². The summed E-state index contributed by atoms with van der Waals surface area (Å²) in [6.45, 7) is 4.41. The zero-order valence-corrected chi connectivity index (χ0v) is 10.9. The van der Waals surface area contributed by atoms with Gasteiger partial charge in [-0.2, -0.15) is 13.2 Å². The molecule has 0 aliphatic carbocycles. The molecular weight excluding hydrogens is 245 g/mol. The number of halogens is 3. The van der Waals surface area contributed by atoms with Crippen LogP contribution in [0.2, 0.25) is 0 Å².